The molecule has 1 aromatic carbocycles. The highest BCUT2D eigenvalue weighted by Crippen LogP contribution is 2.42. The van der Waals surface area contributed by atoms with Crippen LogP contribution in [0.2, 0.25) is 0 Å². The fraction of sp³-hybridized carbons (Fsp3) is 0.500. The van der Waals surface area contributed by atoms with Gasteiger partial charge < -0.3 is 4.90 Å². The van der Waals surface area contributed by atoms with E-state index in [9.17, 15) is 21.6 Å². The van der Waals surface area contributed by atoms with Crippen LogP contribution in [0.5, 0.6) is 0 Å². The molecule has 0 N–H and O–H groups in total. The number of rotatable bonds is 6. The van der Waals surface area contributed by atoms with Crippen molar-refractivity contribution in [1.82, 2.24) is 8.61 Å². The van der Waals surface area contributed by atoms with Crippen molar-refractivity contribution in [2.45, 2.75) is 30.7 Å². The van der Waals surface area contributed by atoms with E-state index < -0.39 is 37.9 Å². The summed E-state index contributed by atoms with van der Waals surface area (Å²) in [5, 5.41) is 0. The minimum atomic E-state index is -3.89. The molecule has 1 saturated heterocycles. The highest BCUT2D eigenvalue weighted by atomic mass is 32.2. The monoisotopic (exact) mass is 427 g/mol. The largest absolute Gasteiger partial charge is 0.378 e. The average molecular weight is 428 g/mol. The molecule has 0 bridgehead atoms. The van der Waals surface area contributed by atoms with E-state index in [1.165, 1.54) is 22.5 Å². The van der Waals surface area contributed by atoms with Crippen molar-refractivity contribution in [3.05, 3.63) is 36.0 Å². The number of fused-ring (bicyclic) bond motifs is 1. The zero-order valence-corrected chi connectivity index (χ0v) is 18.0. The van der Waals surface area contributed by atoms with Crippen molar-refractivity contribution in [2.24, 2.45) is 5.92 Å². The van der Waals surface area contributed by atoms with Crippen LogP contribution in [0.4, 0.5) is 5.69 Å². The Morgan fingerprint density at radius 3 is 2.21 bits per heavy atom. The van der Waals surface area contributed by atoms with Crippen molar-refractivity contribution < 1.29 is 21.6 Å². The summed E-state index contributed by atoms with van der Waals surface area (Å²) in [6.45, 7) is 1.92. The number of anilines is 1. The van der Waals surface area contributed by atoms with Gasteiger partial charge in [-0.1, -0.05) is 13.3 Å². The Hall–Kier alpha value is -1.91. The third-order valence-electron chi connectivity index (χ3n) is 5.12. The van der Waals surface area contributed by atoms with E-state index in [2.05, 4.69) is 0 Å². The molecule has 0 aliphatic carbocycles. The molecule has 2 heterocycles. The van der Waals surface area contributed by atoms with Crippen LogP contribution in [0.1, 0.15) is 19.8 Å². The second-order valence-corrected chi connectivity index (χ2v) is 11.0. The summed E-state index contributed by atoms with van der Waals surface area (Å²) in [5.41, 5.74) is 1.11. The predicted octanol–water partition coefficient (Wildman–Crippen LogP) is 1.23. The Kier molecular flexibility index (Phi) is 5.32. The van der Waals surface area contributed by atoms with E-state index >= 15 is 0 Å². The maximum atomic E-state index is 13.3. The molecule has 28 heavy (non-hydrogen) atoms. The number of sulfonamides is 2. The van der Waals surface area contributed by atoms with Gasteiger partial charge in [-0.15, -0.1) is 0 Å². The molecule has 1 fully saturated rings. The SMILES string of the molecule is CCC[C@H]1C(=O)N(S(C)(=O)=O)C2=CCN(S(=O)(=O)c3ccc(N(C)C)cc3)[C@@H]21. The second kappa shape index (κ2) is 7.16. The molecule has 0 aromatic heterocycles. The Morgan fingerprint density at radius 1 is 1.11 bits per heavy atom. The van der Waals surface area contributed by atoms with Gasteiger partial charge in [-0.25, -0.2) is 21.1 Å². The summed E-state index contributed by atoms with van der Waals surface area (Å²) in [6, 6.07) is 5.69. The number of hydrogen-bond donors (Lipinski definition) is 0. The topological polar surface area (TPSA) is 95.1 Å². The van der Waals surface area contributed by atoms with E-state index in [1.54, 1.807) is 12.1 Å². The molecule has 2 atom stereocenters. The van der Waals surface area contributed by atoms with Gasteiger partial charge in [-0.05, 0) is 36.8 Å². The van der Waals surface area contributed by atoms with Gasteiger partial charge >= 0.3 is 0 Å². The molecule has 2 aliphatic heterocycles. The number of benzene rings is 1. The van der Waals surface area contributed by atoms with E-state index in [-0.39, 0.29) is 17.1 Å². The molecular weight excluding hydrogens is 402 g/mol. The molecule has 0 spiro atoms. The quantitative estimate of drug-likeness (QED) is 0.678. The minimum Gasteiger partial charge on any atom is -0.378 e. The normalized spacial score (nSPS) is 23.1. The number of amides is 1. The Morgan fingerprint density at radius 2 is 1.71 bits per heavy atom. The zero-order chi connectivity index (χ0) is 20.9. The van der Waals surface area contributed by atoms with Crippen LogP contribution < -0.4 is 4.90 Å². The van der Waals surface area contributed by atoms with Crippen LogP contribution in [0.3, 0.4) is 0 Å². The van der Waals surface area contributed by atoms with Crippen molar-refractivity contribution in [3.63, 3.8) is 0 Å². The molecule has 0 radical (unpaired) electrons. The van der Waals surface area contributed by atoms with Crippen molar-refractivity contribution >= 4 is 31.6 Å². The molecule has 0 saturated carbocycles. The van der Waals surface area contributed by atoms with Crippen LogP contribution in [0.25, 0.3) is 0 Å². The van der Waals surface area contributed by atoms with Gasteiger partial charge in [0.1, 0.15) is 0 Å². The maximum Gasteiger partial charge on any atom is 0.245 e. The summed E-state index contributed by atoms with van der Waals surface area (Å²) in [6.07, 6.45) is 3.56. The van der Waals surface area contributed by atoms with Gasteiger partial charge in [-0.3, -0.25) is 4.79 Å². The first-order valence-corrected chi connectivity index (χ1v) is 12.3. The Labute approximate surface area is 166 Å². The van der Waals surface area contributed by atoms with E-state index in [1.807, 2.05) is 25.9 Å². The molecule has 154 valence electrons. The van der Waals surface area contributed by atoms with Crippen LogP contribution in [-0.4, -0.2) is 64.3 Å². The summed E-state index contributed by atoms with van der Waals surface area (Å²) in [4.78, 5) is 14.7. The van der Waals surface area contributed by atoms with Gasteiger partial charge in [0, 0.05) is 26.3 Å². The highest BCUT2D eigenvalue weighted by molar-refractivity contribution is 7.89. The highest BCUT2D eigenvalue weighted by Gasteiger charge is 2.55. The Bertz CT molecular complexity index is 1010. The molecular formula is C18H25N3O5S2. The fourth-order valence-electron chi connectivity index (χ4n) is 3.83. The summed E-state index contributed by atoms with van der Waals surface area (Å²) in [7, 11) is -3.99. The summed E-state index contributed by atoms with van der Waals surface area (Å²) < 4.78 is 52.9. The standard InChI is InChI=1S/C18H25N3O5S2/c1-5-6-15-17-16(21(18(15)22)27(4,23)24)11-12-20(17)28(25,26)14-9-7-13(8-10-14)19(2)3/h7-11,15,17H,5-6,12H2,1-4H3/t15-,17-/m1/s1. The first-order chi connectivity index (χ1) is 13.0. The number of hydrogen-bond acceptors (Lipinski definition) is 6. The number of carbonyl (C=O) groups is 1. The molecule has 2 aliphatic rings. The second-order valence-electron chi connectivity index (χ2n) is 7.30. The molecule has 1 amide bonds. The van der Waals surface area contributed by atoms with Crippen LogP contribution in [0.15, 0.2) is 40.9 Å². The first-order valence-electron chi connectivity index (χ1n) is 9.03. The number of carbonyl (C=O) groups excluding carboxylic acids is 1. The van der Waals surface area contributed by atoms with E-state index in [0.29, 0.717) is 12.8 Å². The first kappa shape index (κ1) is 20.8. The maximum absolute atomic E-state index is 13.3. The third-order valence-corrected chi connectivity index (χ3v) is 8.03. The third kappa shape index (κ3) is 3.33. The molecule has 0 unspecified atom stereocenters. The lowest BCUT2D eigenvalue weighted by Crippen LogP contribution is -2.41. The summed E-state index contributed by atoms with van der Waals surface area (Å²) in [5.74, 6) is -1.26. The van der Waals surface area contributed by atoms with Gasteiger partial charge in [-0.2, -0.15) is 4.31 Å². The fourth-order valence-corrected chi connectivity index (χ4v) is 6.44. The lowest BCUT2D eigenvalue weighted by molar-refractivity contribution is -0.127. The zero-order valence-electron chi connectivity index (χ0n) is 16.4. The van der Waals surface area contributed by atoms with Gasteiger partial charge in [0.2, 0.25) is 26.0 Å². The lowest BCUT2D eigenvalue weighted by Gasteiger charge is -2.26. The van der Waals surface area contributed by atoms with Crippen molar-refractivity contribution in [2.75, 3.05) is 31.8 Å². The molecule has 3 rings (SSSR count). The van der Waals surface area contributed by atoms with Crippen LogP contribution in [-0.2, 0) is 24.8 Å². The lowest BCUT2D eigenvalue weighted by atomic mass is 9.97. The molecule has 10 heteroatoms. The van der Waals surface area contributed by atoms with Crippen LogP contribution >= 0.6 is 0 Å². The molecule has 1 aromatic rings. The minimum absolute atomic E-state index is 0.0390. The van der Waals surface area contributed by atoms with Gasteiger partial charge in [0.25, 0.3) is 0 Å². The number of nitrogens with zero attached hydrogens (tertiary/aromatic N) is 3. The smallest absolute Gasteiger partial charge is 0.245 e. The van der Waals surface area contributed by atoms with E-state index in [0.717, 1.165) is 16.2 Å². The predicted molar refractivity (Wildman–Crippen MR) is 107 cm³/mol. The van der Waals surface area contributed by atoms with Crippen LogP contribution in [0, 0.1) is 5.92 Å². The van der Waals surface area contributed by atoms with Crippen molar-refractivity contribution in [3.8, 4) is 0 Å². The average Bonchev–Trinajstić information content (AvgIpc) is 3.13. The van der Waals surface area contributed by atoms with E-state index in [4.69, 9.17) is 0 Å². The summed E-state index contributed by atoms with van der Waals surface area (Å²) >= 11 is 0. The Balaban J connectivity index is 2.01. The van der Waals surface area contributed by atoms with Gasteiger partial charge in [0.15, 0.2) is 0 Å². The van der Waals surface area contributed by atoms with Crippen molar-refractivity contribution in [1.29, 1.82) is 0 Å². The van der Waals surface area contributed by atoms with Gasteiger partial charge in [0.05, 0.1) is 28.8 Å². The molecule has 8 nitrogen and oxygen atoms in total.